The second-order valence-corrected chi connectivity index (χ2v) is 13.1. The topological polar surface area (TPSA) is 75.6 Å². The van der Waals surface area contributed by atoms with Gasteiger partial charge in [0.1, 0.15) is 11.2 Å². The zero-order chi connectivity index (χ0) is 35.3. The molecule has 0 saturated heterocycles. The first-order valence-electron chi connectivity index (χ1n) is 17.5. The summed E-state index contributed by atoms with van der Waals surface area (Å²) in [5.41, 5.74) is 9.37. The number of fused-ring (bicyclic) bond motifs is 8. The van der Waals surface area contributed by atoms with Crippen LogP contribution in [0.4, 0.5) is 0 Å². The first kappa shape index (κ1) is 30.4. The monoisotopic (exact) mass is 676 g/mol. The van der Waals surface area contributed by atoms with Crippen molar-refractivity contribution in [1.29, 1.82) is 5.26 Å². The molecule has 5 nitrogen and oxygen atoms in total. The Bertz CT molecular complexity index is 2990. The van der Waals surface area contributed by atoms with Crippen LogP contribution in [-0.2, 0) is 0 Å². The Hall–Kier alpha value is -7.42. The lowest BCUT2D eigenvalue weighted by molar-refractivity contribution is 0.673. The maximum atomic E-state index is 9.53. The zero-order valence-corrected chi connectivity index (χ0v) is 28.4. The van der Waals surface area contributed by atoms with Gasteiger partial charge in [-0.05, 0) is 68.7 Å². The molecule has 0 unspecified atom stereocenters. The molecule has 8 aromatic carbocycles. The van der Waals surface area contributed by atoms with Gasteiger partial charge in [-0.2, -0.15) is 5.26 Å². The predicted octanol–water partition coefficient (Wildman–Crippen LogP) is 12.3. The van der Waals surface area contributed by atoms with E-state index in [0.29, 0.717) is 23.0 Å². The average molecular weight is 677 g/mol. The van der Waals surface area contributed by atoms with Crippen LogP contribution < -0.4 is 0 Å². The number of furan rings is 1. The summed E-state index contributed by atoms with van der Waals surface area (Å²) in [7, 11) is 0. The molecule has 0 saturated carbocycles. The molecule has 10 aromatic rings. The predicted molar refractivity (Wildman–Crippen MR) is 214 cm³/mol. The van der Waals surface area contributed by atoms with Crippen LogP contribution in [0.1, 0.15) is 5.56 Å². The highest BCUT2D eigenvalue weighted by Gasteiger charge is 2.18. The molecule has 0 aliphatic heterocycles. The van der Waals surface area contributed by atoms with Crippen LogP contribution >= 0.6 is 0 Å². The van der Waals surface area contributed by atoms with Crippen molar-refractivity contribution in [2.45, 2.75) is 0 Å². The molecule has 0 spiro atoms. The second-order valence-electron chi connectivity index (χ2n) is 13.1. The van der Waals surface area contributed by atoms with Gasteiger partial charge in [0, 0.05) is 32.8 Å². The molecule has 2 heterocycles. The standard InChI is InChI=1S/C48H28N4O/c49-29-30-10-9-15-35(26-30)37-23-24-38-39-25-22-36(28-42(39)45-44(41(38)27-37)40-16-7-8-17-43(40)53-45)31-18-20-34(21-19-31)48-51-46(32-11-3-1-4-12-32)50-47(52-48)33-13-5-2-6-14-33/h1-28H. The largest absolute Gasteiger partial charge is 0.455 e. The van der Waals surface area contributed by atoms with Crippen LogP contribution in [0.3, 0.4) is 0 Å². The Morgan fingerprint density at radius 1 is 0.377 bits per heavy atom. The van der Waals surface area contributed by atoms with E-state index in [0.717, 1.165) is 82.4 Å². The third kappa shape index (κ3) is 5.29. The number of para-hydroxylation sites is 1. The maximum absolute atomic E-state index is 9.53. The van der Waals surface area contributed by atoms with E-state index < -0.39 is 0 Å². The summed E-state index contributed by atoms with van der Waals surface area (Å²) < 4.78 is 6.65. The van der Waals surface area contributed by atoms with Gasteiger partial charge in [0.15, 0.2) is 17.5 Å². The van der Waals surface area contributed by atoms with E-state index in [4.69, 9.17) is 19.4 Å². The van der Waals surface area contributed by atoms with Gasteiger partial charge < -0.3 is 4.42 Å². The van der Waals surface area contributed by atoms with Crippen LogP contribution in [0.2, 0.25) is 0 Å². The highest BCUT2D eigenvalue weighted by Crippen LogP contribution is 2.43. The minimum Gasteiger partial charge on any atom is -0.455 e. The molecule has 53 heavy (non-hydrogen) atoms. The molecule has 0 fully saturated rings. The SMILES string of the molecule is N#Cc1cccc(-c2ccc3c4ccc(-c5ccc(-c6nc(-c7ccccc7)nc(-c7ccccc7)n6)cc5)cc4c4oc5ccccc5c4c3c2)c1. The molecule has 10 rings (SSSR count). The van der Waals surface area contributed by atoms with Crippen LogP contribution in [0.5, 0.6) is 0 Å². The Morgan fingerprint density at radius 3 is 1.53 bits per heavy atom. The van der Waals surface area contributed by atoms with Crippen molar-refractivity contribution in [1.82, 2.24) is 15.0 Å². The van der Waals surface area contributed by atoms with Gasteiger partial charge >= 0.3 is 0 Å². The molecule has 2 aromatic heterocycles. The lowest BCUT2D eigenvalue weighted by Gasteiger charge is -2.12. The Balaban J connectivity index is 1.10. The summed E-state index contributed by atoms with van der Waals surface area (Å²) in [5, 5.41) is 16.2. The first-order valence-corrected chi connectivity index (χ1v) is 17.5. The number of benzene rings is 8. The fourth-order valence-corrected chi connectivity index (χ4v) is 7.33. The van der Waals surface area contributed by atoms with Gasteiger partial charge in [0.2, 0.25) is 0 Å². The van der Waals surface area contributed by atoms with E-state index in [1.165, 1.54) is 0 Å². The van der Waals surface area contributed by atoms with Crippen LogP contribution in [0, 0.1) is 11.3 Å². The molecule has 0 N–H and O–H groups in total. The summed E-state index contributed by atoms with van der Waals surface area (Å²) in [4.78, 5) is 14.7. The van der Waals surface area contributed by atoms with Gasteiger partial charge in [-0.25, -0.2) is 15.0 Å². The third-order valence-electron chi connectivity index (χ3n) is 9.94. The van der Waals surface area contributed by atoms with Crippen molar-refractivity contribution >= 4 is 43.5 Å². The molecule has 246 valence electrons. The third-order valence-corrected chi connectivity index (χ3v) is 9.94. The molecule has 0 amide bonds. The highest BCUT2D eigenvalue weighted by molar-refractivity contribution is 6.30. The van der Waals surface area contributed by atoms with Gasteiger partial charge in [0.05, 0.1) is 11.6 Å². The van der Waals surface area contributed by atoms with Crippen LogP contribution in [0.15, 0.2) is 174 Å². The molecular formula is C48H28N4O. The smallest absolute Gasteiger partial charge is 0.164 e. The molecule has 0 atom stereocenters. The number of rotatable bonds is 5. The van der Waals surface area contributed by atoms with Crippen LogP contribution in [-0.4, -0.2) is 15.0 Å². The van der Waals surface area contributed by atoms with Gasteiger partial charge in [-0.1, -0.05) is 140 Å². The van der Waals surface area contributed by atoms with Crippen molar-refractivity contribution < 1.29 is 4.42 Å². The lowest BCUT2D eigenvalue weighted by atomic mass is 9.92. The highest BCUT2D eigenvalue weighted by atomic mass is 16.3. The summed E-state index contributed by atoms with van der Waals surface area (Å²) >= 11 is 0. The van der Waals surface area contributed by atoms with E-state index >= 15 is 0 Å². The number of hydrogen-bond donors (Lipinski definition) is 0. The fourth-order valence-electron chi connectivity index (χ4n) is 7.33. The van der Waals surface area contributed by atoms with Gasteiger partial charge in [0.25, 0.3) is 0 Å². The number of nitriles is 1. The van der Waals surface area contributed by atoms with Crippen molar-refractivity contribution in [3.63, 3.8) is 0 Å². The Morgan fingerprint density at radius 2 is 0.868 bits per heavy atom. The average Bonchev–Trinajstić information content (AvgIpc) is 3.64. The molecule has 0 aliphatic carbocycles. The van der Waals surface area contributed by atoms with Crippen molar-refractivity contribution in [3.05, 3.63) is 175 Å². The van der Waals surface area contributed by atoms with Crippen molar-refractivity contribution in [3.8, 4) is 62.5 Å². The van der Waals surface area contributed by atoms with Crippen molar-refractivity contribution in [2.24, 2.45) is 0 Å². The number of nitrogens with zero attached hydrogens (tertiary/aromatic N) is 4. The second kappa shape index (κ2) is 12.4. The number of aromatic nitrogens is 3. The number of hydrogen-bond acceptors (Lipinski definition) is 5. The van der Waals surface area contributed by atoms with Crippen molar-refractivity contribution in [2.75, 3.05) is 0 Å². The van der Waals surface area contributed by atoms with Gasteiger partial charge in [-0.3, -0.25) is 0 Å². The summed E-state index contributed by atoms with van der Waals surface area (Å²) in [6.45, 7) is 0. The normalized spacial score (nSPS) is 11.4. The lowest BCUT2D eigenvalue weighted by Crippen LogP contribution is -2.00. The zero-order valence-electron chi connectivity index (χ0n) is 28.4. The maximum Gasteiger partial charge on any atom is 0.164 e. The summed E-state index contributed by atoms with van der Waals surface area (Å²) in [6, 6.07) is 59.9. The molecule has 0 aliphatic rings. The quantitative estimate of drug-likeness (QED) is 0.170. The van der Waals surface area contributed by atoms with E-state index in [2.05, 4.69) is 84.9 Å². The van der Waals surface area contributed by atoms with E-state index in [1.807, 2.05) is 91.0 Å². The molecule has 0 bridgehead atoms. The van der Waals surface area contributed by atoms with E-state index in [-0.39, 0.29) is 0 Å². The van der Waals surface area contributed by atoms with Gasteiger partial charge in [-0.15, -0.1) is 0 Å². The first-order chi connectivity index (χ1) is 26.2. The Labute approximate surface area is 305 Å². The fraction of sp³-hybridized carbons (Fsp3) is 0. The minimum absolute atomic E-state index is 0.622. The van der Waals surface area contributed by atoms with E-state index in [9.17, 15) is 5.26 Å². The van der Waals surface area contributed by atoms with Crippen LogP contribution in [0.25, 0.3) is 99.9 Å². The minimum atomic E-state index is 0.622. The Kier molecular flexibility index (Phi) is 7.12. The molecular weight excluding hydrogens is 649 g/mol. The molecule has 5 heteroatoms. The summed E-state index contributed by atoms with van der Waals surface area (Å²) in [6.07, 6.45) is 0. The molecule has 0 radical (unpaired) electrons. The van der Waals surface area contributed by atoms with E-state index in [1.54, 1.807) is 0 Å². The summed E-state index contributed by atoms with van der Waals surface area (Å²) in [5.74, 6) is 1.90.